The SMILES string of the molecule is CC1=CC(=O)C=C(C)C1=CC(=N)N. The fourth-order valence-corrected chi connectivity index (χ4v) is 1.32. The largest absolute Gasteiger partial charge is 0.384 e. The van der Waals surface area contributed by atoms with Crippen molar-refractivity contribution in [3.05, 3.63) is 34.9 Å². The molecule has 1 rings (SSSR count). The van der Waals surface area contributed by atoms with Crippen molar-refractivity contribution < 1.29 is 4.79 Å². The van der Waals surface area contributed by atoms with Gasteiger partial charge in [-0.05, 0) is 48.8 Å². The van der Waals surface area contributed by atoms with Crippen molar-refractivity contribution >= 4 is 11.6 Å². The second-order valence-electron chi connectivity index (χ2n) is 3.07. The Labute approximate surface area is 77.1 Å². The molecule has 0 spiro atoms. The molecule has 3 heteroatoms. The molecule has 0 aliphatic heterocycles. The van der Waals surface area contributed by atoms with Gasteiger partial charge < -0.3 is 5.73 Å². The van der Waals surface area contributed by atoms with Crippen LogP contribution in [0.5, 0.6) is 0 Å². The smallest absolute Gasteiger partial charge is 0.179 e. The van der Waals surface area contributed by atoms with E-state index in [1.54, 1.807) is 18.2 Å². The number of nitrogens with one attached hydrogen (secondary N) is 1. The van der Waals surface area contributed by atoms with Crippen LogP contribution in [0.3, 0.4) is 0 Å². The minimum atomic E-state index is -0.00398. The molecule has 1 aliphatic rings. The maximum absolute atomic E-state index is 11.1. The van der Waals surface area contributed by atoms with E-state index in [0.29, 0.717) is 0 Å². The Morgan fingerprint density at radius 2 is 1.85 bits per heavy atom. The van der Waals surface area contributed by atoms with Crippen molar-refractivity contribution in [2.75, 3.05) is 0 Å². The molecule has 0 unspecified atom stereocenters. The van der Waals surface area contributed by atoms with Crippen LogP contribution >= 0.6 is 0 Å². The normalized spacial score (nSPS) is 16.5. The number of carbonyl (C=O) groups is 1. The Hall–Kier alpha value is -1.64. The van der Waals surface area contributed by atoms with E-state index < -0.39 is 0 Å². The molecule has 68 valence electrons. The zero-order valence-electron chi connectivity index (χ0n) is 7.72. The maximum Gasteiger partial charge on any atom is 0.179 e. The number of ketones is 1. The summed E-state index contributed by atoms with van der Waals surface area (Å²) in [6.45, 7) is 3.67. The van der Waals surface area contributed by atoms with E-state index in [2.05, 4.69) is 0 Å². The summed E-state index contributed by atoms with van der Waals surface area (Å²) in [5.74, 6) is 0.000510. The van der Waals surface area contributed by atoms with Gasteiger partial charge in [-0.25, -0.2) is 0 Å². The lowest BCUT2D eigenvalue weighted by Crippen LogP contribution is -2.09. The number of hydrogen-bond acceptors (Lipinski definition) is 2. The number of rotatable bonds is 1. The molecule has 0 bridgehead atoms. The summed E-state index contributed by atoms with van der Waals surface area (Å²) in [6.07, 6.45) is 4.65. The summed E-state index contributed by atoms with van der Waals surface area (Å²) in [6, 6.07) is 0. The van der Waals surface area contributed by atoms with Crippen molar-refractivity contribution in [3.8, 4) is 0 Å². The number of allylic oxidation sites excluding steroid dienone is 5. The summed E-state index contributed by atoms with van der Waals surface area (Å²) in [5.41, 5.74) is 7.84. The average molecular weight is 176 g/mol. The summed E-state index contributed by atoms with van der Waals surface area (Å²) >= 11 is 0. The number of amidine groups is 1. The first-order valence-electron chi connectivity index (χ1n) is 3.97. The van der Waals surface area contributed by atoms with E-state index in [9.17, 15) is 4.79 Å². The molecule has 0 atom stereocenters. The van der Waals surface area contributed by atoms with E-state index in [1.807, 2.05) is 13.8 Å². The van der Waals surface area contributed by atoms with Gasteiger partial charge in [0.15, 0.2) is 5.78 Å². The van der Waals surface area contributed by atoms with Gasteiger partial charge >= 0.3 is 0 Å². The molecular weight excluding hydrogens is 164 g/mol. The third kappa shape index (κ3) is 2.15. The molecule has 3 nitrogen and oxygen atoms in total. The van der Waals surface area contributed by atoms with Crippen LogP contribution < -0.4 is 5.73 Å². The van der Waals surface area contributed by atoms with E-state index in [4.69, 9.17) is 11.1 Å². The van der Waals surface area contributed by atoms with Crippen molar-refractivity contribution in [1.82, 2.24) is 0 Å². The monoisotopic (exact) mass is 176 g/mol. The van der Waals surface area contributed by atoms with E-state index in [-0.39, 0.29) is 11.6 Å². The van der Waals surface area contributed by atoms with Gasteiger partial charge in [0.1, 0.15) is 5.84 Å². The van der Waals surface area contributed by atoms with Gasteiger partial charge in [0.2, 0.25) is 0 Å². The van der Waals surface area contributed by atoms with Gasteiger partial charge in [-0.2, -0.15) is 0 Å². The van der Waals surface area contributed by atoms with Crippen LogP contribution in [0.15, 0.2) is 34.9 Å². The molecule has 0 saturated carbocycles. The predicted molar refractivity (Wildman–Crippen MR) is 52.5 cm³/mol. The fourth-order valence-electron chi connectivity index (χ4n) is 1.32. The van der Waals surface area contributed by atoms with Crippen LogP contribution in [0.2, 0.25) is 0 Å². The summed E-state index contributed by atoms with van der Waals surface area (Å²) in [4.78, 5) is 11.1. The molecule has 0 radical (unpaired) electrons. The molecular formula is C10H12N2O. The van der Waals surface area contributed by atoms with Gasteiger partial charge in [0.05, 0.1) is 0 Å². The van der Waals surface area contributed by atoms with Crippen LogP contribution in [0.25, 0.3) is 0 Å². The highest BCUT2D eigenvalue weighted by molar-refractivity contribution is 6.04. The second kappa shape index (κ2) is 3.39. The molecule has 0 saturated heterocycles. The van der Waals surface area contributed by atoms with E-state index >= 15 is 0 Å². The molecule has 3 N–H and O–H groups in total. The first kappa shape index (κ1) is 9.45. The number of hydrogen-bond donors (Lipinski definition) is 2. The van der Waals surface area contributed by atoms with Crippen LogP contribution in [0.1, 0.15) is 13.8 Å². The third-order valence-electron chi connectivity index (χ3n) is 1.87. The minimum absolute atomic E-state index is 0.00398. The lowest BCUT2D eigenvalue weighted by Gasteiger charge is -2.12. The highest BCUT2D eigenvalue weighted by Crippen LogP contribution is 2.22. The van der Waals surface area contributed by atoms with Gasteiger partial charge in [-0.1, -0.05) is 0 Å². The Balaban J connectivity index is 3.12. The summed E-state index contributed by atoms with van der Waals surface area (Å²) in [5, 5.41) is 7.12. The second-order valence-corrected chi connectivity index (χ2v) is 3.07. The summed E-state index contributed by atoms with van der Waals surface area (Å²) in [7, 11) is 0. The summed E-state index contributed by atoms with van der Waals surface area (Å²) < 4.78 is 0. The highest BCUT2D eigenvalue weighted by atomic mass is 16.1. The van der Waals surface area contributed by atoms with Crippen LogP contribution in [-0.2, 0) is 4.79 Å². The minimum Gasteiger partial charge on any atom is -0.384 e. The molecule has 0 aromatic heterocycles. The van der Waals surface area contributed by atoms with Crippen LogP contribution in [0.4, 0.5) is 0 Å². The van der Waals surface area contributed by atoms with Gasteiger partial charge in [0.25, 0.3) is 0 Å². The Bertz CT molecular complexity index is 335. The first-order chi connectivity index (χ1) is 6.00. The standard InChI is InChI=1S/C10H12N2O/c1-6-3-8(13)4-7(2)9(6)5-10(11)12/h3-5H,1-2H3,(H3,11,12). The van der Waals surface area contributed by atoms with Crippen LogP contribution in [-0.4, -0.2) is 11.6 Å². The lowest BCUT2D eigenvalue weighted by atomic mass is 9.93. The van der Waals surface area contributed by atoms with Gasteiger partial charge in [-0.15, -0.1) is 0 Å². The Morgan fingerprint density at radius 3 is 2.23 bits per heavy atom. The maximum atomic E-state index is 11.1. The van der Waals surface area contributed by atoms with Crippen molar-refractivity contribution in [3.63, 3.8) is 0 Å². The topological polar surface area (TPSA) is 66.9 Å². The zero-order valence-corrected chi connectivity index (χ0v) is 7.72. The molecule has 0 heterocycles. The predicted octanol–water partition coefficient (Wildman–Crippen LogP) is 1.32. The van der Waals surface area contributed by atoms with Crippen LogP contribution in [0, 0.1) is 5.41 Å². The van der Waals surface area contributed by atoms with Gasteiger partial charge in [0, 0.05) is 0 Å². The first-order valence-corrected chi connectivity index (χ1v) is 3.97. The van der Waals surface area contributed by atoms with Crippen molar-refractivity contribution in [2.45, 2.75) is 13.8 Å². The Morgan fingerprint density at radius 1 is 1.38 bits per heavy atom. The van der Waals surface area contributed by atoms with Crippen molar-refractivity contribution in [1.29, 1.82) is 5.41 Å². The molecule has 1 aliphatic carbocycles. The number of nitrogens with two attached hydrogens (primary N) is 1. The third-order valence-corrected chi connectivity index (χ3v) is 1.87. The van der Waals surface area contributed by atoms with Crippen molar-refractivity contribution in [2.24, 2.45) is 5.73 Å². The number of carbonyl (C=O) groups excluding carboxylic acids is 1. The highest BCUT2D eigenvalue weighted by Gasteiger charge is 2.11. The molecule has 13 heavy (non-hydrogen) atoms. The molecule has 0 fully saturated rings. The Kier molecular flexibility index (Phi) is 2.46. The average Bonchev–Trinajstić information content (AvgIpc) is 1.96. The lowest BCUT2D eigenvalue weighted by molar-refractivity contribution is -0.110. The zero-order chi connectivity index (χ0) is 10.0. The van der Waals surface area contributed by atoms with Gasteiger partial charge in [-0.3, -0.25) is 10.2 Å². The molecule has 0 amide bonds. The molecule has 0 aromatic carbocycles. The molecule has 0 aromatic rings. The van der Waals surface area contributed by atoms with E-state index in [1.165, 1.54) is 0 Å². The fraction of sp³-hybridized carbons (Fsp3) is 0.200. The quantitative estimate of drug-likeness (QED) is 0.467. The van der Waals surface area contributed by atoms with E-state index in [0.717, 1.165) is 16.7 Å².